The van der Waals surface area contributed by atoms with Gasteiger partial charge in [-0.05, 0) is 17.5 Å². The highest BCUT2D eigenvalue weighted by molar-refractivity contribution is 6.05. The molecule has 2 N–H and O–H groups in total. The third-order valence-electron chi connectivity index (χ3n) is 5.75. The van der Waals surface area contributed by atoms with Gasteiger partial charge in [-0.15, -0.1) is 0 Å². The Morgan fingerprint density at radius 1 is 1.20 bits per heavy atom. The zero-order chi connectivity index (χ0) is 20.8. The number of likely N-dealkylation sites (tertiary alicyclic amines) is 1. The molecule has 0 bridgehead atoms. The summed E-state index contributed by atoms with van der Waals surface area (Å²) < 4.78 is 0. The number of aromatic hydroxyl groups is 1. The van der Waals surface area contributed by atoms with Crippen molar-refractivity contribution in [2.45, 2.75) is 12.6 Å². The van der Waals surface area contributed by atoms with Gasteiger partial charge in [0.15, 0.2) is 0 Å². The number of aromatic nitrogens is 1. The molecule has 1 aromatic heterocycles. The molecule has 2 aliphatic rings. The number of nitrogens with one attached hydrogen (secondary N) is 1. The van der Waals surface area contributed by atoms with Crippen molar-refractivity contribution in [2.75, 3.05) is 18.4 Å². The highest BCUT2D eigenvalue weighted by Gasteiger charge is 2.41. The first kappa shape index (κ1) is 18.2. The molecule has 2 amide bonds. The van der Waals surface area contributed by atoms with Gasteiger partial charge >= 0.3 is 0 Å². The lowest BCUT2D eigenvalue weighted by Gasteiger charge is -2.43. The smallest absolute Gasteiger partial charge is 0.257 e. The van der Waals surface area contributed by atoms with E-state index in [0.717, 1.165) is 16.3 Å². The number of amides is 2. The van der Waals surface area contributed by atoms with Gasteiger partial charge in [-0.25, -0.2) is 0 Å². The predicted molar refractivity (Wildman–Crippen MR) is 114 cm³/mol. The number of rotatable bonds is 4. The molecule has 5 rings (SSSR count). The number of phenols is 1. The summed E-state index contributed by atoms with van der Waals surface area (Å²) in [6.07, 6.45) is 4.64. The molecular weight excluding hydrogens is 380 g/mol. The van der Waals surface area contributed by atoms with Crippen LogP contribution in [0.5, 0.6) is 5.75 Å². The van der Waals surface area contributed by atoms with E-state index in [-0.39, 0.29) is 23.6 Å². The van der Waals surface area contributed by atoms with E-state index >= 15 is 0 Å². The second-order valence-corrected chi connectivity index (χ2v) is 7.59. The van der Waals surface area contributed by atoms with Gasteiger partial charge in [0.05, 0.1) is 29.2 Å². The fraction of sp³-hybridized carbons (Fsp3) is 0.174. The zero-order valence-corrected chi connectivity index (χ0v) is 16.2. The van der Waals surface area contributed by atoms with E-state index in [9.17, 15) is 14.7 Å². The number of nitrogens with zero attached hydrogens (tertiary/aromatic N) is 3. The number of carbonyl (C=O) groups excluding carboxylic acids is 2. The van der Waals surface area contributed by atoms with Crippen LogP contribution in [-0.2, 0) is 11.3 Å². The van der Waals surface area contributed by atoms with Crippen molar-refractivity contribution in [3.05, 3.63) is 72.6 Å². The summed E-state index contributed by atoms with van der Waals surface area (Å²) in [6.45, 7) is 5.00. The molecule has 3 heterocycles. The Morgan fingerprint density at radius 2 is 2.00 bits per heavy atom. The molecule has 0 radical (unpaired) electrons. The summed E-state index contributed by atoms with van der Waals surface area (Å²) in [5.74, 6) is -0.0450. The van der Waals surface area contributed by atoms with Crippen molar-refractivity contribution in [2.24, 2.45) is 0 Å². The minimum atomic E-state index is -0.116. The van der Waals surface area contributed by atoms with E-state index in [1.165, 1.54) is 6.08 Å². The van der Waals surface area contributed by atoms with Gasteiger partial charge in [0, 0.05) is 42.8 Å². The van der Waals surface area contributed by atoms with Crippen LogP contribution < -0.4 is 5.32 Å². The number of phenolic OH excluding ortho intramolecular Hbond substituents is 1. The van der Waals surface area contributed by atoms with Crippen molar-refractivity contribution in [3.8, 4) is 5.75 Å². The Morgan fingerprint density at radius 3 is 2.80 bits per heavy atom. The fourth-order valence-electron chi connectivity index (χ4n) is 4.17. The third kappa shape index (κ3) is 2.86. The van der Waals surface area contributed by atoms with Gasteiger partial charge in [-0.2, -0.15) is 0 Å². The average molecular weight is 400 g/mol. The monoisotopic (exact) mass is 400 g/mol. The molecular formula is C23H20N4O3. The summed E-state index contributed by atoms with van der Waals surface area (Å²) in [6, 6.07) is 11.1. The molecule has 1 saturated heterocycles. The molecule has 0 spiro atoms. The SMILES string of the molecule is C=CC(=O)N1CC(N2Cc3cncc(Nc4cc(O)cc5ccccc45)c3C2=O)C1. The minimum Gasteiger partial charge on any atom is -0.508 e. The molecule has 2 aliphatic heterocycles. The lowest BCUT2D eigenvalue weighted by Crippen LogP contribution is -2.60. The number of carbonyl (C=O) groups is 2. The molecule has 2 aromatic carbocycles. The van der Waals surface area contributed by atoms with E-state index in [4.69, 9.17) is 0 Å². The molecule has 0 unspecified atom stereocenters. The molecule has 30 heavy (non-hydrogen) atoms. The maximum Gasteiger partial charge on any atom is 0.257 e. The van der Waals surface area contributed by atoms with Crippen LogP contribution in [-0.4, -0.2) is 50.8 Å². The van der Waals surface area contributed by atoms with E-state index in [2.05, 4.69) is 16.9 Å². The van der Waals surface area contributed by atoms with E-state index in [1.807, 2.05) is 24.3 Å². The summed E-state index contributed by atoms with van der Waals surface area (Å²) in [5, 5.41) is 15.2. The highest BCUT2D eigenvalue weighted by atomic mass is 16.3. The van der Waals surface area contributed by atoms with Crippen LogP contribution in [0.15, 0.2) is 61.4 Å². The zero-order valence-electron chi connectivity index (χ0n) is 16.2. The number of benzene rings is 2. The third-order valence-corrected chi connectivity index (χ3v) is 5.75. The van der Waals surface area contributed by atoms with Crippen molar-refractivity contribution in [3.63, 3.8) is 0 Å². The molecule has 150 valence electrons. The lowest BCUT2D eigenvalue weighted by molar-refractivity contribution is -0.132. The molecule has 0 aliphatic carbocycles. The van der Waals surface area contributed by atoms with E-state index < -0.39 is 0 Å². The quantitative estimate of drug-likeness (QED) is 0.658. The minimum absolute atomic E-state index is 0.0109. The van der Waals surface area contributed by atoms with Gasteiger partial charge in [-0.3, -0.25) is 14.6 Å². The average Bonchev–Trinajstić information content (AvgIpc) is 3.04. The van der Waals surface area contributed by atoms with Gasteiger partial charge < -0.3 is 20.2 Å². The van der Waals surface area contributed by atoms with Crippen molar-refractivity contribution in [1.82, 2.24) is 14.8 Å². The Kier molecular flexibility index (Phi) is 4.17. The van der Waals surface area contributed by atoms with E-state index in [1.54, 1.807) is 34.3 Å². The molecule has 7 nitrogen and oxygen atoms in total. The number of hydrogen-bond acceptors (Lipinski definition) is 5. The molecule has 1 fully saturated rings. The van der Waals surface area contributed by atoms with Crippen LogP contribution in [0.1, 0.15) is 15.9 Å². The highest BCUT2D eigenvalue weighted by Crippen LogP contribution is 2.36. The van der Waals surface area contributed by atoms with Crippen LogP contribution in [0.3, 0.4) is 0 Å². The molecule has 0 saturated carbocycles. The number of pyridine rings is 1. The summed E-state index contributed by atoms with van der Waals surface area (Å²) >= 11 is 0. The molecule has 3 aromatic rings. The number of anilines is 2. The Balaban J connectivity index is 1.44. The first-order valence-electron chi connectivity index (χ1n) is 9.73. The van der Waals surface area contributed by atoms with Gasteiger partial charge in [0.2, 0.25) is 5.91 Å². The van der Waals surface area contributed by atoms with Crippen molar-refractivity contribution < 1.29 is 14.7 Å². The standard InChI is InChI=1S/C23H20N4O3/c1-2-21(29)26-12-16(13-26)27-11-15-9-24-10-20(22(15)23(27)30)25-19-8-17(28)7-14-5-3-4-6-18(14)19/h2-10,16,25,28H,1,11-13H2. The number of hydrogen-bond donors (Lipinski definition) is 2. The first-order chi connectivity index (χ1) is 14.5. The van der Waals surface area contributed by atoms with Crippen molar-refractivity contribution >= 4 is 34.0 Å². The second kappa shape index (κ2) is 6.88. The van der Waals surface area contributed by atoms with Crippen LogP contribution >= 0.6 is 0 Å². The normalized spacial score (nSPS) is 15.8. The van der Waals surface area contributed by atoms with Crippen LogP contribution in [0.2, 0.25) is 0 Å². The van der Waals surface area contributed by atoms with E-state index in [0.29, 0.717) is 36.6 Å². The topological polar surface area (TPSA) is 85.8 Å². The second-order valence-electron chi connectivity index (χ2n) is 7.59. The van der Waals surface area contributed by atoms with Gasteiger partial charge in [-0.1, -0.05) is 30.8 Å². The molecule has 7 heteroatoms. The summed E-state index contributed by atoms with van der Waals surface area (Å²) in [7, 11) is 0. The first-order valence-corrected chi connectivity index (χ1v) is 9.73. The number of fused-ring (bicyclic) bond motifs is 2. The van der Waals surface area contributed by atoms with Crippen LogP contribution in [0.25, 0.3) is 10.8 Å². The largest absolute Gasteiger partial charge is 0.508 e. The van der Waals surface area contributed by atoms with Crippen LogP contribution in [0.4, 0.5) is 11.4 Å². The molecule has 0 atom stereocenters. The van der Waals surface area contributed by atoms with Crippen molar-refractivity contribution in [1.29, 1.82) is 0 Å². The maximum absolute atomic E-state index is 13.2. The Bertz CT molecular complexity index is 1200. The lowest BCUT2D eigenvalue weighted by atomic mass is 10.1. The predicted octanol–water partition coefficient (Wildman–Crippen LogP) is 3.04. The van der Waals surface area contributed by atoms with Gasteiger partial charge in [0.1, 0.15) is 5.75 Å². The summed E-state index contributed by atoms with van der Waals surface area (Å²) in [5.41, 5.74) is 2.75. The van der Waals surface area contributed by atoms with Crippen LogP contribution in [0, 0.1) is 0 Å². The Hall–Kier alpha value is -3.87. The Labute approximate surface area is 173 Å². The maximum atomic E-state index is 13.2. The summed E-state index contributed by atoms with van der Waals surface area (Å²) in [4.78, 5) is 32.7. The fourth-order valence-corrected chi connectivity index (χ4v) is 4.17. The van der Waals surface area contributed by atoms with Gasteiger partial charge in [0.25, 0.3) is 5.91 Å².